The van der Waals surface area contributed by atoms with E-state index in [9.17, 15) is 9.90 Å². The summed E-state index contributed by atoms with van der Waals surface area (Å²) in [5.74, 6) is -0.150. The molecular formula is C21H20ClN3O3. The van der Waals surface area contributed by atoms with Gasteiger partial charge in [-0.15, -0.1) is 0 Å². The second kappa shape index (κ2) is 9.10. The molecule has 0 saturated heterocycles. The molecule has 0 aromatic heterocycles. The molecule has 3 rings (SSSR count). The van der Waals surface area contributed by atoms with Crippen molar-refractivity contribution in [1.82, 2.24) is 5.43 Å². The fraction of sp³-hybridized carbons (Fsp3) is 0.143. The van der Waals surface area contributed by atoms with Crippen LogP contribution in [-0.4, -0.2) is 30.4 Å². The lowest BCUT2D eigenvalue weighted by atomic mass is 10.1. The highest BCUT2D eigenvalue weighted by molar-refractivity contribution is 6.32. The molecule has 28 heavy (non-hydrogen) atoms. The zero-order valence-electron chi connectivity index (χ0n) is 15.3. The highest BCUT2D eigenvalue weighted by Gasteiger charge is 2.09. The van der Waals surface area contributed by atoms with Crippen LogP contribution in [0.1, 0.15) is 12.5 Å². The van der Waals surface area contributed by atoms with E-state index in [0.29, 0.717) is 12.2 Å². The van der Waals surface area contributed by atoms with Crippen molar-refractivity contribution in [3.8, 4) is 11.5 Å². The van der Waals surface area contributed by atoms with Crippen LogP contribution in [0, 0.1) is 0 Å². The summed E-state index contributed by atoms with van der Waals surface area (Å²) in [6.07, 6.45) is 1.43. The molecule has 0 unspecified atom stereocenters. The summed E-state index contributed by atoms with van der Waals surface area (Å²) in [6, 6.07) is 16.9. The summed E-state index contributed by atoms with van der Waals surface area (Å²) in [6.45, 7) is 2.27. The van der Waals surface area contributed by atoms with E-state index in [-0.39, 0.29) is 29.0 Å². The van der Waals surface area contributed by atoms with Gasteiger partial charge in [0.1, 0.15) is 0 Å². The van der Waals surface area contributed by atoms with Crippen molar-refractivity contribution in [2.75, 3.05) is 18.5 Å². The number of fused-ring (bicyclic) bond motifs is 1. The van der Waals surface area contributed by atoms with Gasteiger partial charge in [0.15, 0.2) is 11.5 Å². The van der Waals surface area contributed by atoms with E-state index in [1.807, 2.05) is 42.5 Å². The smallest absolute Gasteiger partial charge is 0.259 e. The van der Waals surface area contributed by atoms with Gasteiger partial charge in [0.25, 0.3) is 5.91 Å². The summed E-state index contributed by atoms with van der Waals surface area (Å²) in [4.78, 5) is 12.1. The Morgan fingerprint density at radius 2 is 2.00 bits per heavy atom. The predicted molar refractivity (Wildman–Crippen MR) is 112 cm³/mol. The number of anilines is 1. The highest BCUT2D eigenvalue weighted by atomic mass is 35.5. The van der Waals surface area contributed by atoms with Gasteiger partial charge in [-0.2, -0.15) is 5.10 Å². The molecule has 0 aliphatic carbocycles. The Balaban J connectivity index is 1.60. The second-order valence-electron chi connectivity index (χ2n) is 5.96. The number of nitrogens with zero attached hydrogens (tertiary/aromatic N) is 1. The summed E-state index contributed by atoms with van der Waals surface area (Å²) in [5, 5.41) is 19.2. The quantitative estimate of drug-likeness (QED) is 0.413. The highest BCUT2D eigenvalue weighted by Crippen LogP contribution is 2.34. The Bertz CT molecular complexity index is 1020. The Morgan fingerprint density at radius 3 is 2.82 bits per heavy atom. The number of benzene rings is 3. The van der Waals surface area contributed by atoms with Gasteiger partial charge in [-0.1, -0.05) is 48.0 Å². The Morgan fingerprint density at radius 1 is 1.21 bits per heavy atom. The first-order valence-corrected chi connectivity index (χ1v) is 9.15. The van der Waals surface area contributed by atoms with E-state index in [0.717, 1.165) is 16.5 Å². The van der Waals surface area contributed by atoms with Crippen LogP contribution in [0.25, 0.3) is 10.8 Å². The molecule has 3 aromatic rings. The van der Waals surface area contributed by atoms with E-state index in [2.05, 4.69) is 15.8 Å². The first kappa shape index (κ1) is 19.5. The molecule has 0 heterocycles. The molecule has 0 fully saturated rings. The third-order valence-corrected chi connectivity index (χ3v) is 4.27. The minimum Gasteiger partial charge on any atom is -0.503 e. The van der Waals surface area contributed by atoms with E-state index in [4.69, 9.17) is 16.3 Å². The standard InChI is InChI=1S/C21H20ClN3O3/c1-2-28-19-11-14(10-17(22)21(19)27)12-24-25-20(26)13-23-18-9-5-7-15-6-3-4-8-16(15)18/h3-12,23,27H,2,13H2,1H3,(H,25,26)/b24-12-. The Kier molecular flexibility index (Phi) is 6.34. The molecular weight excluding hydrogens is 378 g/mol. The number of amides is 1. The summed E-state index contributed by atoms with van der Waals surface area (Å²) >= 11 is 5.97. The minimum atomic E-state index is -0.293. The largest absolute Gasteiger partial charge is 0.503 e. The fourth-order valence-corrected chi connectivity index (χ4v) is 2.93. The molecule has 3 aromatic carbocycles. The molecule has 0 aliphatic heterocycles. The van der Waals surface area contributed by atoms with Gasteiger partial charge >= 0.3 is 0 Å². The molecule has 0 atom stereocenters. The lowest BCUT2D eigenvalue weighted by molar-refractivity contribution is -0.119. The number of carbonyl (C=O) groups excluding carboxylic acids is 1. The van der Waals surface area contributed by atoms with E-state index in [1.54, 1.807) is 13.0 Å². The van der Waals surface area contributed by atoms with Crippen LogP contribution in [0.15, 0.2) is 59.7 Å². The third kappa shape index (κ3) is 4.72. The number of ether oxygens (including phenoxy) is 1. The first-order chi connectivity index (χ1) is 13.6. The molecule has 6 nitrogen and oxygen atoms in total. The number of hydrogen-bond acceptors (Lipinski definition) is 5. The van der Waals surface area contributed by atoms with Gasteiger partial charge in [0.05, 0.1) is 24.4 Å². The number of hydrogen-bond donors (Lipinski definition) is 3. The number of nitrogens with one attached hydrogen (secondary N) is 2. The minimum absolute atomic E-state index is 0.0753. The Hall–Kier alpha value is -3.25. The molecule has 0 spiro atoms. The first-order valence-electron chi connectivity index (χ1n) is 8.77. The molecule has 0 aliphatic rings. The van der Waals surface area contributed by atoms with Crippen molar-refractivity contribution in [2.45, 2.75) is 6.92 Å². The van der Waals surface area contributed by atoms with E-state index in [1.165, 1.54) is 12.3 Å². The van der Waals surface area contributed by atoms with Crippen molar-refractivity contribution in [3.63, 3.8) is 0 Å². The molecule has 1 amide bonds. The normalized spacial score (nSPS) is 10.9. The molecule has 0 bridgehead atoms. The maximum Gasteiger partial charge on any atom is 0.259 e. The van der Waals surface area contributed by atoms with Crippen LogP contribution in [0.2, 0.25) is 5.02 Å². The number of aromatic hydroxyl groups is 1. The van der Waals surface area contributed by atoms with Gasteiger partial charge in [0, 0.05) is 11.1 Å². The lowest BCUT2D eigenvalue weighted by Gasteiger charge is -2.09. The molecule has 3 N–H and O–H groups in total. The average molecular weight is 398 g/mol. The van der Waals surface area contributed by atoms with Crippen molar-refractivity contribution in [3.05, 3.63) is 65.2 Å². The lowest BCUT2D eigenvalue weighted by Crippen LogP contribution is -2.25. The number of carbonyl (C=O) groups is 1. The number of phenolic OH excluding ortho intramolecular Hbond substituents is 1. The average Bonchev–Trinajstić information content (AvgIpc) is 2.70. The van der Waals surface area contributed by atoms with Crippen molar-refractivity contribution in [2.24, 2.45) is 5.10 Å². The predicted octanol–water partition coefficient (Wildman–Crippen LogP) is 4.16. The van der Waals surface area contributed by atoms with Gasteiger partial charge < -0.3 is 15.2 Å². The van der Waals surface area contributed by atoms with E-state index < -0.39 is 0 Å². The van der Waals surface area contributed by atoms with Gasteiger partial charge in [0.2, 0.25) is 0 Å². The zero-order valence-corrected chi connectivity index (χ0v) is 16.0. The zero-order chi connectivity index (χ0) is 19.9. The number of rotatable bonds is 7. The summed E-state index contributed by atoms with van der Waals surface area (Å²) in [7, 11) is 0. The molecule has 144 valence electrons. The summed E-state index contributed by atoms with van der Waals surface area (Å²) < 4.78 is 5.31. The number of hydrazone groups is 1. The maximum atomic E-state index is 12.1. The Labute approximate surface area is 167 Å². The molecule has 7 heteroatoms. The van der Waals surface area contributed by atoms with Crippen molar-refractivity contribution in [1.29, 1.82) is 0 Å². The fourth-order valence-electron chi connectivity index (χ4n) is 2.71. The number of halogens is 1. The van der Waals surface area contributed by atoms with Crippen LogP contribution in [0.4, 0.5) is 5.69 Å². The van der Waals surface area contributed by atoms with Gasteiger partial charge in [-0.3, -0.25) is 4.79 Å². The van der Waals surface area contributed by atoms with Gasteiger partial charge in [-0.25, -0.2) is 5.43 Å². The third-order valence-electron chi connectivity index (χ3n) is 3.98. The van der Waals surface area contributed by atoms with Crippen molar-refractivity contribution < 1.29 is 14.6 Å². The van der Waals surface area contributed by atoms with Gasteiger partial charge in [-0.05, 0) is 36.1 Å². The molecule has 0 radical (unpaired) electrons. The number of phenols is 1. The summed E-state index contributed by atoms with van der Waals surface area (Å²) in [5.41, 5.74) is 3.93. The SMILES string of the molecule is CCOc1cc(/C=N\NC(=O)CNc2cccc3ccccc23)cc(Cl)c1O. The molecule has 0 saturated carbocycles. The second-order valence-corrected chi connectivity index (χ2v) is 6.36. The van der Waals surface area contributed by atoms with Crippen LogP contribution >= 0.6 is 11.6 Å². The van der Waals surface area contributed by atoms with E-state index >= 15 is 0 Å². The van der Waals surface area contributed by atoms with Crippen molar-refractivity contribution >= 4 is 40.2 Å². The van der Waals surface area contributed by atoms with Crippen LogP contribution < -0.4 is 15.5 Å². The maximum absolute atomic E-state index is 12.1. The monoisotopic (exact) mass is 397 g/mol. The van der Waals surface area contributed by atoms with Crippen LogP contribution in [-0.2, 0) is 4.79 Å². The van der Waals surface area contributed by atoms with Crippen LogP contribution in [0.5, 0.6) is 11.5 Å². The topological polar surface area (TPSA) is 83.0 Å². The van der Waals surface area contributed by atoms with Crippen LogP contribution in [0.3, 0.4) is 0 Å².